The maximum atomic E-state index is 13.7. The van der Waals surface area contributed by atoms with Crippen LogP contribution in [0.5, 0.6) is 0 Å². The lowest BCUT2D eigenvalue weighted by molar-refractivity contribution is 0.0827. The molecule has 0 unspecified atom stereocenters. The SMILES string of the molecule is CN(C)C(=O)c1ccc(=O)n(-c2ccccc2F)c1. The summed E-state index contributed by atoms with van der Waals surface area (Å²) in [7, 11) is 3.22. The van der Waals surface area contributed by atoms with Gasteiger partial charge in [0.15, 0.2) is 0 Å². The number of carbonyl (C=O) groups excluding carboxylic acids is 1. The summed E-state index contributed by atoms with van der Waals surface area (Å²) in [6.07, 6.45) is 1.35. The van der Waals surface area contributed by atoms with Crippen molar-refractivity contribution in [3.63, 3.8) is 0 Å². The van der Waals surface area contributed by atoms with E-state index < -0.39 is 5.82 Å². The van der Waals surface area contributed by atoms with Crippen LogP contribution in [0.1, 0.15) is 10.4 Å². The molecule has 1 amide bonds. The molecule has 1 heterocycles. The number of para-hydroxylation sites is 1. The van der Waals surface area contributed by atoms with Crippen molar-refractivity contribution in [3.05, 3.63) is 64.3 Å². The summed E-state index contributed by atoms with van der Waals surface area (Å²) in [6, 6.07) is 8.61. The molecule has 2 rings (SSSR count). The van der Waals surface area contributed by atoms with E-state index in [9.17, 15) is 14.0 Å². The number of pyridine rings is 1. The van der Waals surface area contributed by atoms with Crippen molar-refractivity contribution in [2.45, 2.75) is 0 Å². The Hall–Kier alpha value is -2.43. The molecule has 0 N–H and O–H groups in total. The Morgan fingerprint density at radius 2 is 1.84 bits per heavy atom. The molecule has 2 aromatic rings. The average molecular weight is 260 g/mol. The molecule has 0 aliphatic carbocycles. The molecule has 0 spiro atoms. The summed E-state index contributed by atoms with van der Waals surface area (Å²) >= 11 is 0. The monoisotopic (exact) mass is 260 g/mol. The van der Waals surface area contributed by atoms with E-state index in [-0.39, 0.29) is 17.2 Å². The second-order valence-corrected chi connectivity index (χ2v) is 4.28. The summed E-state index contributed by atoms with van der Waals surface area (Å²) < 4.78 is 14.8. The molecule has 1 aromatic carbocycles. The standard InChI is InChI=1S/C14H13FN2O2/c1-16(2)14(19)10-7-8-13(18)17(9-10)12-6-4-3-5-11(12)15/h3-9H,1-2H3. The molecule has 0 aliphatic heterocycles. The first-order chi connectivity index (χ1) is 9.00. The minimum atomic E-state index is -0.515. The van der Waals surface area contributed by atoms with Gasteiger partial charge in [0.05, 0.1) is 11.3 Å². The van der Waals surface area contributed by atoms with Crippen LogP contribution >= 0.6 is 0 Å². The third kappa shape index (κ3) is 2.54. The van der Waals surface area contributed by atoms with Crippen molar-refractivity contribution in [1.29, 1.82) is 0 Å². The zero-order valence-electron chi connectivity index (χ0n) is 10.6. The second-order valence-electron chi connectivity index (χ2n) is 4.28. The van der Waals surface area contributed by atoms with Crippen molar-refractivity contribution in [2.24, 2.45) is 0 Å². The van der Waals surface area contributed by atoms with Crippen molar-refractivity contribution in [1.82, 2.24) is 9.47 Å². The molecular formula is C14H13FN2O2. The maximum absolute atomic E-state index is 13.7. The Bertz CT molecular complexity index is 677. The molecule has 0 saturated heterocycles. The van der Waals surface area contributed by atoms with Crippen LogP contribution in [-0.2, 0) is 0 Å². The van der Waals surface area contributed by atoms with Gasteiger partial charge in [0.2, 0.25) is 0 Å². The summed E-state index contributed by atoms with van der Waals surface area (Å²) in [4.78, 5) is 25.0. The number of rotatable bonds is 2. The van der Waals surface area contributed by atoms with E-state index in [0.29, 0.717) is 5.56 Å². The summed E-state index contributed by atoms with van der Waals surface area (Å²) in [5.74, 6) is -0.760. The highest BCUT2D eigenvalue weighted by Gasteiger charge is 2.11. The van der Waals surface area contributed by atoms with Crippen LogP contribution in [-0.4, -0.2) is 29.5 Å². The minimum Gasteiger partial charge on any atom is -0.345 e. The molecule has 0 radical (unpaired) electrons. The fourth-order valence-corrected chi connectivity index (χ4v) is 1.71. The average Bonchev–Trinajstić information content (AvgIpc) is 2.39. The maximum Gasteiger partial charge on any atom is 0.255 e. The predicted molar refractivity (Wildman–Crippen MR) is 70.0 cm³/mol. The fraction of sp³-hybridized carbons (Fsp3) is 0.143. The molecule has 0 bridgehead atoms. The molecule has 19 heavy (non-hydrogen) atoms. The van der Waals surface area contributed by atoms with Crippen LogP contribution in [0.2, 0.25) is 0 Å². The predicted octanol–water partition coefficient (Wildman–Crippen LogP) is 1.68. The highest BCUT2D eigenvalue weighted by atomic mass is 19.1. The highest BCUT2D eigenvalue weighted by Crippen LogP contribution is 2.11. The quantitative estimate of drug-likeness (QED) is 0.824. The highest BCUT2D eigenvalue weighted by molar-refractivity contribution is 5.93. The number of halogens is 1. The summed E-state index contributed by atoms with van der Waals surface area (Å²) in [5, 5.41) is 0. The van der Waals surface area contributed by atoms with E-state index >= 15 is 0 Å². The van der Waals surface area contributed by atoms with Crippen LogP contribution in [0, 0.1) is 5.82 Å². The number of nitrogens with zero attached hydrogens (tertiary/aromatic N) is 2. The Kier molecular flexibility index (Phi) is 3.46. The molecule has 0 fully saturated rings. The lowest BCUT2D eigenvalue weighted by atomic mass is 10.2. The first kappa shape index (κ1) is 13.0. The van der Waals surface area contributed by atoms with Gasteiger partial charge in [-0.15, -0.1) is 0 Å². The van der Waals surface area contributed by atoms with Gasteiger partial charge in [-0.05, 0) is 18.2 Å². The summed E-state index contributed by atoms with van der Waals surface area (Å²) in [6.45, 7) is 0. The smallest absolute Gasteiger partial charge is 0.255 e. The molecule has 0 aliphatic rings. The van der Waals surface area contributed by atoms with Crippen LogP contribution in [0.25, 0.3) is 5.69 Å². The zero-order chi connectivity index (χ0) is 14.0. The van der Waals surface area contributed by atoms with E-state index in [0.717, 1.165) is 4.57 Å². The number of benzene rings is 1. The molecule has 5 heteroatoms. The van der Waals surface area contributed by atoms with Crippen LogP contribution in [0.3, 0.4) is 0 Å². The lowest BCUT2D eigenvalue weighted by Crippen LogP contribution is -2.25. The van der Waals surface area contributed by atoms with Gasteiger partial charge in [0, 0.05) is 26.4 Å². The first-order valence-corrected chi connectivity index (χ1v) is 5.70. The Morgan fingerprint density at radius 1 is 1.16 bits per heavy atom. The first-order valence-electron chi connectivity index (χ1n) is 5.70. The molecule has 0 saturated carbocycles. The molecule has 98 valence electrons. The topological polar surface area (TPSA) is 42.3 Å². The van der Waals surface area contributed by atoms with Crippen molar-refractivity contribution < 1.29 is 9.18 Å². The van der Waals surface area contributed by atoms with E-state index in [1.54, 1.807) is 26.2 Å². The fourth-order valence-electron chi connectivity index (χ4n) is 1.71. The van der Waals surface area contributed by atoms with Crippen molar-refractivity contribution >= 4 is 5.91 Å². The normalized spacial score (nSPS) is 10.3. The van der Waals surface area contributed by atoms with Gasteiger partial charge in [-0.25, -0.2) is 4.39 Å². The van der Waals surface area contributed by atoms with Gasteiger partial charge in [0.1, 0.15) is 5.82 Å². The molecule has 0 atom stereocenters. The Labute approximate surface area is 109 Å². The third-order valence-electron chi connectivity index (χ3n) is 2.68. The number of aromatic nitrogens is 1. The third-order valence-corrected chi connectivity index (χ3v) is 2.68. The largest absolute Gasteiger partial charge is 0.345 e. The zero-order valence-corrected chi connectivity index (χ0v) is 10.6. The Balaban J connectivity index is 2.59. The van der Waals surface area contributed by atoms with Gasteiger partial charge in [-0.2, -0.15) is 0 Å². The van der Waals surface area contributed by atoms with Gasteiger partial charge < -0.3 is 4.90 Å². The summed E-state index contributed by atoms with van der Waals surface area (Å²) in [5.41, 5.74) is 0.0640. The van der Waals surface area contributed by atoms with Crippen LogP contribution in [0.15, 0.2) is 47.4 Å². The van der Waals surface area contributed by atoms with Gasteiger partial charge in [-0.1, -0.05) is 12.1 Å². The van der Waals surface area contributed by atoms with E-state index in [4.69, 9.17) is 0 Å². The van der Waals surface area contributed by atoms with Crippen LogP contribution < -0.4 is 5.56 Å². The van der Waals surface area contributed by atoms with E-state index in [2.05, 4.69) is 0 Å². The number of hydrogen-bond donors (Lipinski definition) is 0. The minimum absolute atomic E-state index is 0.126. The molecule has 1 aromatic heterocycles. The number of amides is 1. The van der Waals surface area contributed by atoms with E-state index in [1.165, 1.54) is 35.4 Å². The van der Waals surface area contributed by atoms with Crippen molar-refractivity contribution in [3.8, 4) is 5.69 Å². The second kappa shape index (κ2) is 5.06. The molecule has 4 nitrogen and oxygen atoms in total. The molecular weight excluding hydrogens is 247 g/mol. The van der Waals surface area contributed by atoms with Gasteiger partial charge in [0.25, 0.3) is 11.5 Å². The Morgan fingerprint density at radius 3 is 2.47 bits per heavy atom. The van der Waals surface area contributed by atoms with E-state index in [1.807, 2.05) is 0 Å². The van der Waals surface area contributed by atoms with Gasteiger partial charge >= 0.3 is 0 Å². The number of carbonyl (C=O) groups is 1. The van der Waals surface area contributed by atoms with Gasteiger partial charge in [-0.3, -0.25) is 14.2 Å². The number of hydrogen-bond acceptors (Lipinski definition) is 2. The van der Waals surface area contributed by atoms with Crippen molar-refractivity contribution in [2.75, 3.05) is 14.1 Å². The van der Waals surface area contributed by atoms with Crippen LogP contribution in [0.4, 0.5) is 4.39 Å². The lowest BCUT2D eigenvalue weighted by Gasteiger charge is -2.12.